The van der Waals surface area contributed by atoms with Crippen molar-refractivity contribution in [1.82, 2.24) is 0 Å². The molecule has 0 radical (unpaired) electrons. The Bertz CT molecular complexity index is 1360. The molecule has 388 valence electrons. The molecule has 1 atom stereocenters. The van der Waals surface area contributed by atoms with E-state index in [2.05, 4.69) is 118 Å². The van der Waals surface area contributed by atoms with E-state index in [1.165, 1.54) is 83.5 Å². The summed E-state index contributed by atoms with van der Waals surface area (Å²) in [5.41, 5.74) is 0. The van der Waals surface area contributed by atoms with Crippen LogP contribution in [0.1, 0.15) is 258 Å². The Kier molecular flexibility index (Phi) is 52.9. The third kappa shape index (κ3) is 53.3. The van der Waals surface area contributed by atoms with Gasteiger partial charge in [-0.3, -0.25) is 14.4 Å². The van der Waals surface area contributed by atoms with Crippen molar-refractivity contribution in [1.29, 1.82) is 0 Å². The van der Waals surface area contributed by atoms with E-state index in [0.717, 1.165) is 135 Å². The predicted molar refractivity (Wildman–Crippen MR) is 293 cm³/mol. The molecule has 0 aromatic rings. The molecule has 0 spiro atoms. The molecule has 0 aromatic carbocycles. The van der Waals surface area contributed by atoms with E-state index in [1.54, 1.807) is 0 Å². The second-order valence-electron chi connectivity index (χ2n) is 18.5. The fourth-order valence-electron chi connectivity index (χ4n) is 7.58. The normalized spacial score (nSPS) is 12.8. The molecule has 0 N–H and O–H groups in total. The Morgan fingerprint density at radius 3 is 0.941 bits per heavy atom. The van der Waals surface area contributed by atoms with Gasteiger partial charge in [0.15, 0.2) is 6.10 Å². The first-order chi connectivity index (χ1) is 33.5. The molecule has 0 saturated heterocycles. The zero-order valence-corrected chi connectivity index (χ0v) is 44.3. The minimum Gasteiger partial charge on any atom is -0.462 e. The number of carbonyl (C=O) groups excluding carboxylic acids is 3. The summed E-state index contributed by atoms with van der Waals surface area (Å²) in [5, 5.41) is 0. The molecule has 0 rings (SSSR count). The summed E-state index contributed by atoms with van der Waals surface area (Å²) in [7, 11) is 0. The average molecular weight is 946 g/mol. The number of allylic oxidation sites excluding steroid dienone is 16. The molecular formula is C62H104O6. The summed E-state index contributed by atoms with van der Waals surface area (Å²) in [6, 6.07) is 0. The maximum Gasteiger partial charge on any atom is 0.306 e. The minimum absolute atomic E-state index is 0.0903. The van der Waals surface area contributed by atoms with Gasteiger partial charge in [-0.25, -0.2) is 0 Å². The van der Waals surface area contributed by atoms with Gasteiger partial charge in [0.1, 0.15) is 13.2 Å². The molecule has 0 aromatic heterocycles. The van der Waals surface area contributed by atoms with E-state index in [9.17, 15) is 14.4 Å². The number of carbonyl (C=O) groups is 3. The molecule has 0 amide bonds. The maximum atomic E-state index is 12.8. The van der Waals surface area contributed by atoms with E-state index in [1.807, 2.05) is 0 Å². The monoisotopic (exact) mass is 945 g/mol. The molecule has 0 aliphatic heterocycles. The van der Waals surface area contributed by atoms with Gasteiger partial charge in [-0.15, -0.1) is 0 Å². The van der Waals surface area contributed by atoms with Crippen LogP contribution < -0.4 is 0 Å². The molecule has 0 fully saturated rings. The Morgan fingerprint density at radius 2 is 0.588 bits per heavy atom. The molecule has 0 aliphatic carbocycles. The quantitative estimate of drug-likeness (QED) is 0.0262. The van der Waals surface area contributed by atoms with Crippen LogP contribution in [0.15, 0.2) is 97.2 Å². The van der Waals surface area contributed by atoms with Gasteiger partial charge in [0.25, 0.3) is 0 Å². The molecule has 1 unspecified atom stereocenters. The zero-order valence-electron chi connectivity index (χ0n) is 44.3. The van der Waals surface area contributed by atoms with E-state index in [4.69, 9.17) is 14.2 Å². The smallest absolute Gasteiger partial charge is 0.306 e. The van der Waals surface area contributed by atoms with Crippen molar-refractivity contribution < 1.29 is 28.6 Å². The second kappa shape index (κ2) is 55.9. The SMILES string of the molecule is CC/C=C\C/C=C\C/C=C\C/C=C\C/C=C\C/C=C\CCCCCCC(=O)OCC(COC(=O)CCCCCCCCCCCCCCC)OC(=O)CCCCCCC/C=C\C/C=C\CCCC. The highest BCUT2D eigenvalue weighted by atomic mass is 16.6. The van der Waals surface area contributed by atoms with Crippen molar-refractivity contribution >= 4 is 17.9 Å². The average Bonchev–Trinajstić information content (AvgIpc) is 3.34. The van der Waals surface area contributed by atoms with Crippen molar-refractivity contribution in [2.75, 3.05) is 13.2 Å². The maximum absolute atomic E-state index is 12.8. The zero-order chi connectivity index (χ0) is 49.3. The van der Waals surface area contributed by atoms with Crippen LogP contribution in [0.5, 0.6) is 0 Å². The van der Waals surface area contributed by atoms with Crippen LogP contribution in [0.4, 0.5) is 0 Å². The van der Waals surface area contributed by atoms with Gasteiger partial charge >= 0.3 is 17.9 Å². The summed E-state index contributed by atoms with van der Waals surface area (Å²) in [6.45, 7) is 6.45. The van der Waals surface area contributed by atoms with Crippen LogP contribution in [0, 0.1) is 0 Å². The van der Waals surface area contributed by atoms with Crippen molar-refractivity contribution in [3.63, 3.8) is 0 Å². The highest BCUT2D eigenvalue weighted by Gasteiger charge is 2.19. The Labute approximate surface area is 419 Å². The van der Waals surface area contributed by atoms with Crippen LogP contribution in [0.3, 0.4) is 0 Å². The van der Waals surface area contributed by atoms with Crippen LogP contribution in [0.25, 0.3) is 0 Å². The minimum atomic E-state index is -0.795. The van der Waals surface area contributed by atoms with E-state index in [0.29, 0.717) is 19.3 Å². The third-order valence-corrected chi connectivity index (χ3v) is 11.8. The Hall–Kier alpha value is -3.67. The first-order valence-electron chi connectivity index (χ1n) is 28.2. The number of rotatable bonds is 50. The van der Waals surface area contributed by atoms with E-state index >= 15 is 0 Å². The number of ether oxygens (including phenoxy) is 3. The highest BCUT2D eigenvalue weighted by molar-refractivity contribution is 5.71. The molecule has 0 heterocycles. The van der Waals surface area contributed by atoms with Gasteiger partial charge in [0, 0.05) is 19.3 Å². The van der Waals surface area contributed by atoms with Crippen LogP contribution in [-0.2, 0) is 28.6 Å². The van der Waals surface area contributed by atoms with Crippen molar-refractivity contribution in [2.45, 2.75) is 264 Å². The summed E-state index contributed by atoms with van der Waals surface area (Å²) in [4.78, 5) is 38.1. The van der Waals surface area contributed by atoms with Crippen LogP contribution >= 0.6 is 0 Å². The molecule has 0 saturated carbocycles. The number of esters is 3. The van der Waals surface area contributed by atoms with Gasteiger partial charge in [-0.05, 0) is 96.3 Å². The number of unbranched alkanes of at least 4 members (excludes halogenated alkanes) is 23. The number of hydrogen-bond donors (Lipinski definition) is 0. The lowest BCUT2D eigenvalue weighted by atomic mass is 10.0. The Balaban J connectivity index is 4.41. The summed E-state index contributed by atoms with van der Waals surface area (Å²) in [6.07, 6.45) is 73.9. The van der Waals surface area contributed by atoms with E-state index < -0.39 is 6.10 Å². The van der Waals surface area contributed by atoms with E-state index in [-0.39, 0.29) is 31.1 Å². The molecule has 6 heteroatoms. The van der Waals surface area contributed by atoms with Crippen LogP contribution in [0.2, 0.25) is 0 Å². The lowest BCUT2D eigenvalue weighted by Crippen LogP contribution is -2.30. The fourth-order valence-corrected chi connectivity index (χ4v) is 7.58. The summed E-state index contributed by atoms with van der Waals surface area (Å²) in [5.74, 6) is -0.928. The highest BCUT2D eigenvalue weighted by Crippen LogP contribution is 2.15. The number of hydrogen-bond acceptors (Lipinski definition) is 6. The molecule has 68 heavy (non-hydrogen) atoms. The molecular weight excluding hydrogens is 841 g/mol. The van der Waals surface area contributed by atoms with Gasteiger partial charge < -0.3 is 14.2 Å². The third-order valence-electron chi connectivity index (χ3n) is 11.8. The van der Waals surface area contributed by atoms with Gasteiger partial charge in [-0.2, -0.15) is 0 Å². The lowest BCUT2D eigenvalue weighted by molar-refractivity contribution is -0.167. The summed E-state index contributed by atoms with van der Waals surface area (Å²) >= 11 is 0. The van der Waals surface area contributed by atoms with Gasteiger partial charge in [0.2, 0.25) is 0 Å². The van der Waals surface area contributed by atoms with Gasteiger partial charge in [-0.1, -0.05) is 240 Å². The molecule has 0 bridgehead atoms. The first-order valence-corrected chi connectivity index (χ1v) is 28.2. The second-order valence-corrected chi connectivity index (χ2v) is 18.5. The Morgan fingerprint density at radius 1 is 0.309 bits per heavy atom. The van der Waals surface area contributed by atoms with Crippen molar-refractivity contribution in [2.24, 2.45) is 0 Å². The standard InChI is InChI=1S/C62H104O6/c1-4-7-10-13-16-19-22-25-27-28-29-30-31-32-33-34-35-38-40-43-46-49-52-55-61(64)67-58-59(57-66-60(63)54-51-48-45-42-39-36-24-21-18-15-12-9-6-3)68-62(65)56-53-50-47-44-41-37-26-23-20-17-14-11-8-5-2/h7,10,14,16-17,19,23,25-27,29-30,32-33,35,38,59H,4-6,8-9,11-13,15,18,20-22,24,28,31,34,36-37,39-58H2,1-3H3/b10-7-,17-14-,19-16-,26-23-,27-25-,30-29-,33-32-,38-35-. The predicted octanol–water partition coefficient (Wildman–Crippen LogP) is 18.9. The summed E-state index contributed by atoms with van der Waals surface area (Å²) < 4.78 is 16.8. The fraction of sp³-hybridized carbons (Fsp3) is 0.694. The van der Waals surface area contributed by atoms with Gasteiger partial charge in [0.05, 0.1) is 0 Å². The molecule has 6 nitrogen and oxygen atoms in total. The van der Waals surface area contributed by atoms with Crippen molar-refractivity contribution in [3.05, 3.63) is 97.2 Å². The topological polar surface area (TPSA) is 78.9 Å². The molecule has 0 aliphatic rings. The van der Waals surface area contributed by atoms with Crippen molar-refractivity contribution in [3.8, 4) is 0 Å². The largest absolute Gasteiger partial charge is 0.462 e. The lowest BCUT2D eigenvalue weighted by Gasteiger charge is -2.18. The first kappa shape index (κ1) is 64.3. The van der Waals surface area contributed by atoms with Crippen LogP contribution in [-0.4, -0.2) is 37.2 Å².